The van der Waals surface area contributed by atoms with Gasteiger partial charge >= 0.3 is 18.3 Å². The molecule has 1 fully saturated rings. The minimum Gasteiger partial charge on any atom is -0.479 e. The van der Waals surface area contributed by atoms with Crippen LogP contribution in [0.2, 0.25) is 0 Å². The van der Waals surface area contributed by atoms with E-state index in [1.807, 2.05) is 4.90 Å². The summed E-state index contributed by atoms with van der Waals surface area (Å²) >= 11 is 0.993. The lowest BCUT2D eigenvalue weighted by Gasteiger charge is -2.35. The summed E-state index contributed by atoms with van der Waals surface area (Å²) < 4.78 is 63.0. The van der Waals surface area contributed by atoms with Gasteiger partial charge < -0.3 is 20.1 Å². The lowest BCUT2D eigenvalue weighted by Crippen LogP contribution is -2.50. The molecule has 3 heterocycles. The van der Waals surface area contributed by atoms with Gasteiger partial charge in [-0.25, -0.2) is 23.9 Å². The molecular formula is C20H20F4N6O4S. The van der Waals surface area contributed by atoms with Crippen LogP contribution in [0.3, 0.4) is 0 Å². The van der Waals surface area contributed by atoms with Crippen LogP contribution in [-0.2, 0) is 17.5 Å². The SMILES string of the molecule is COc1ncnc2c1N(C(N)=O)C(OC(=O)N1CCN(Cc3ccc(F)c(C(F)(F)F)c3)CC1)S2. The summed E-state index contributed by atoms with van der Waals surface area (Å²) in [5.41, 5.74) is 3.56. The van der Waals surface area contributed by atoms with E-state index in [0.29, 0.717) is 23.7 Å². The Hall–Kier alpha value is -3.33. The van der Waals surface area contributed by atoms with Crippen LogP contribution >= 0.6 is 11.8 Å². The second-order valence-electron chi connectivity index (χ2n) is 7.63. The quantitative estimate of drug-likeness (QED) is 0.488. The first-order chi connectivity index (χ1) is 16.6. The molecule has 3 amide bonds. The zero-order chi connectivity index (χ0) is 25.3. The van der Waals surface area contributed by atoms with Gasteiger partial charge in [0.2, 0.25) is 11.4 Å². The van der Waals surface area contributed by atoms with Gasteiger partial charge in [-0.05, 0) is 29.5 Å². The Morgan fingerprint density at radius 3 is 2.54 bits per heavy atom. The molecule has 188 valence electrons. The number of fused-ring (bicyclic) bond motifs is 1. The molecule has 1 aromatic heterocycles. The van der Waals surface area contributed by atoms with E-state index in [2.05, 4.69) is 9.97 Å². The number of ether oxygens (including phenoxy) is 2. The highest BCUT2D eigenvalue weighted by Crippen LogP contribution is 2.46. The number of anilines is 1. The number of methoxy groups -OCH3 is 1. The van der Waals surface area contributed by atoms with Crippen molar-refractivity contribution in [2.75, 3.05) is 38.2 Å². The number of hydrogen-bond acceptors (Lipinski definition) is 8. The van der Waals surface area contributed by atoms with Gasteiger partial charge in [0, 0.05) is 32.7 Å². The fraction of sp³-hybridized carbons (Fsp3) is 0.400. The highest BCUT2D eigenvalue weighted by Gasteiger charge is 2.41. The molecule has 0 saturated carbocycles. The average molecular weight is 516 g/mol. The molecule has 10 nitrogen and oxygen atoms in total. The number of rotatable bonds is 4. The van der Waals surface area contributed by atoms with Gasteiger partial charge in [-0.1, -0.05) is 6.07 Å². The number of thioether (sulfide) groups is 1. The first-order valence-electron chi connectivity index (χ1n) is 10.3. The number of primary amides is 1. The van der Waals surface area contributed by atoms with E-state index in [4.69, 9.17) is 15.2 Å². The molecule has 0 radical (unpaired) electrons. The summed E-state index contributed by atoms with van der Waals surface area (Å²) in [6.07, 6.45) is -4.24. The Labute approximate surface area is 201 Å². The standard InChI is InChI=1S/C20H20F4N6O4S/c1-33-15-14-16(27-10-26-15)35-19(30(14)17(25)31)34-18(32)29-6-4-28(5-7-29)9-11-2-3-13(21)12(8-11)20(22,23)24/h2-3,8,10,19H,4-7,9H2,1H3,(H2,25,31). The van der Waals surface area contributed by atoms with Crippen LogP contribution in [0.15, 0.2) is 29.6 Å². The number of nitrogens with two attached hydrogens (primary N) is 1. The third kappa shape index (κ3) is 5.19. The van der Waals surface area contributed by atoms with E-state index in [9.17, 15) is 27.2 Å². The summed E-state index contributed by atoms with van der Waals surface area (Å²) in [5, 5.41) is 0.357. The fourth-order valence-electron chi connectivity index (χ4n) is 3.73. The molecule has 1 aromatic carbocycles. The monoisotopic (exact) mass is 516 g/mol. The van der Waals surface area contributed by atoms with Crippen LogP contribution in [0.1, 0.15) is 11.1 Å². The minimum atomic E-state index is -4.78. The van der Waals surface area contributed by atoms with E-state index >= 15 is 0 Å². The molecular weight excluding hydrogens is 496 g/mol. The molecule has 1 atom stereocenters. The molecule has 1 saturated heterocycles. The number of piperazine rings is 1. The van der Waals surface area contributed by atoms with E-state index in [0.717, 1.165) is 28.8 Å². The fourth-order valence-corrected chi connectivity index (χ4v) is 4.77. The van der Waals surface area contributed by atoms with Crippen LogP contribution in [-0.4, -0.2) is 70.7 Å². The highest BCUT2D eigenvalue weighted by atomic mass is 32.2. The summed E-state index contributed by atoms with van der Waals surface area (Å²) in [5.74, 6) is -1.22. The lowest BCUT2D eigenvalue weighted by atomic mass is 10.1. The van der Waals surface area contributed by atoms with Crippen LogP contribution in [0.5, 0.6) is 5.88 Å². The third-order valence-corrected chi connectivity index (χ3v) is 6.46. The Bertz CT molecular complexity index is 1130. The molecule has 2 aliphatic rings. The second kappa shape index (κ2) is 9.73. The number of amides is 3. The summed E-state index contributed by atoms with van der Waals surface area (Å²) in [4.78, 5) is 37.1. The predicted octanol–water partition coefficient (Wildman–Crippen LogP) is 2.87. The zero-order valence-corrected chi connectivity index (χ0v) is 19.1. The number of carbonyl (C=O) groups is 2. The minimum absolute atomic E-state index is 0.0999. The molecule has 15 heteroatoms. The van der Waals surface area contributed by atoms with Crippen molar-refractivity contribution in [3.05, 3.63) is 41.5 Å². The van der Waals surface area contributed by atoms with Crippen molar-refractivity contribution < 1.29 is 36.6 Å². The van der Waals surface area contributed by atoms with Crippen LogP contribution in [0, 0.1) is 5.82 Å². The van der Waals surface area contributed by atoms with Crippen LogP contribution in [0.4, 0.5) is 32.8 Å². The molecule has 2 aromatic rings. The molecule has 2 aliphatic heterocycles. The van der Waals surface area contributed by atoms with Crippen LogP contribution in [0.25, 0.3) is 0 Å². The highest BCUT2D eigenvalue weighted by molar-refractivity contribution is 8.00. The van der Waals surface area contributed by atoms with Crippen molar-refractivity contribution in [3.63, 3.8) is 0 Å². The van der Waals surface area contributed by atoms with Crippen molar-refractivity contribution >= 4 is 29.6 Å². The maximum absolute atomic E-state index is 13.5. The molecule has 4 rings (SSSR count). The second-order valence-corrected chi connectivity index (χ2v) is 8.65. The van der Waals surface area contributed by atoms with Gasteiger partial charge in [0.05, 0.1) is 12.7 Å². The Balaban J connectivity index is 1.36. The topological polar surface area (TPSA) is 114 Å². The number of nitrogens with zero attached hydrogens (tertiary/aromatic N) is 5. The van der Waals surface area contributed by atoms with E-state index in [1.165, 1.54) is 24.4 Å². The number of carbonyl (C=O) groups excluding carboxylic acids is 2. The van der Waals surface area contributed by atoms with Crippen molar-refractivity contribution in [1.29, 1.82) is 0 Å². The number of hydrogen-bond donors (Lipinski definition) is 1. The number of urea groups is 1. The summed E-state index contributed by atoms with van der Waals surface area (Å²) in [6, 6.07) is 2.01. The van der Waals surface area contributed by atoms with E-state index < -0.39 is 35.2 Å². The zero-order valence-electron chi connectivity index (χ0n) is 18.3. The summed E-state index contributed by atoms with van der Waals surface area (Å²) in [7, 11) is 1.36. The van der Waals surface area contributed by atoms with Gasteiger partial charge in [0.15, 0.2) is 0 Å². The molecule has 0 aliphatic carbocycles. The van der Waals surface area contributed by atoms with Gasteiger partial charge in [0.1, 0.15) is 22.9 Å². The average Bonchev–Trinajstić information content (AvgIpc) is 3.18. The smallest absolute Gasteiger partial charge is 0.419 e. The van der Waals surface area contributed by atoms with Crippen molar-refractivity contribution in [2.45, 2.75) is 23.3 Å². The maximum Gasteiger partial charge on any atom is 0.419 e. The lowest BCUT2D eigenvalue weighted by molar-refractivity contribution is -0.140. The van der Waals surface area contributed by atoms with E-state index in [-0.39, 0.29) is 31.2 Å². The Kier molecular flexibility index (Phi) is 6.89. The normalized spacial score (nSPS) is 18.4. The van der Waals surface area contributed by atoms with Crippen LogP contribution < -0.4 is 15.4 Å². The number of benzene rings is 1. The summed E-state index contributed by atoms with van der Waals surface area (Å²) in [6.45, 7) is 1.33. The Morgan fingerprint density at radius 2 is 1.91 bits per heavy atom. The molecule has 2 N–H and O–H groups in total. The molecule has 35 heavy (non-hydrogen) atoms. The van der Waals surface area contributed by atoms with Crippen molar-refractivity contribution in [1.82, 2.24) is 19.8 Å². The van der Waals surface area contributed by atoms with Gasteiger partial charge in [-0.3, -0.25) is 4.90 Å². The van der Waals surface area contributed by atoms with Crippen molar-refractivity contribution in [3.8, 4) is 5.88 Å². The predicted molar refractivity (Wildman–Crippen MR) is 115 cm³/mol. The largest absolute Gasteiger partial charge is 0.479 e. The Morgan fingerprint density at radius 1 is 1.20 bits per heavy atom. The molecule has 0 spiro atoms. The maximum atomic E-state index is 13.5. The molecule has 1 unspecified atom stereocenters. The first kappa shape index (κ1) is 24.8. The van der Waals surface area contributed by atoms with E-state index in [1.54, 1.807) is 0 Å². The number of alkyl halides is 3. The van der Waals surface area contributed by atoms with Gasteiger partial charge in [-0.2, -0.15) is 18.2 Å². The third-order valence-electron chi connectivity index (χ3n) is 5.42. The first-order valence-corrected chi connectivity index (χ1v) is 11.1. The van der Waals surface area contributed by atoms with Gasteiger partial charge in [0.25, 0.3) is 0 Å². The number of aromatic nitrogens is 2. The molecule has 0 bridgehead atoms. The van der Waals surface area contributed by atoms with Crippen molar-refractivity contribution in [2.24, 2.45) is 5.73 Å². The number of halogens is 4. The van der Waals surface area contributed by atoms with Gasteiger partial charge in [-0.15, -0.1) is 0 Å².